The largest absolute Gasteiger partial charge is 0.241 e. The molecule has 1 saturated carbocycles. The fourth-order valence-corrected chi connectivity index (χ4v) is 3.89. The van der Waals surface area contributed by atoms with Crippen molar-refractivity contribution in [1.82, 2.24) is 4.72 Å². The zero-order chi connectivity index (χ0) is 11.8. The molecular formula is C11H14BrNO2S. The number of hydrogen-bond donors (Lipinski definition) is 1. The Morgan fingerprint density at radius 3 is 2.56 bits per heavy atom. The molecule has 0 aliphatic heterocycles. The van der Waals surface area contributed by atoms with Gasteiger partial charge in [-0.1, -0.05) is 22.0 Å². The summed E-state index contributed by atoms with van der Waals surface area (Å²) in [6, 6.07) is 6.76. The van der Waals surface area contributed by atoms with Crippen molar-refractivity contribution in [3.63, 3.8) is 0 Å². The Balaban J connectivity index is 2.25. The highest BCUT2D eigenvalue weighted by Crippen LogP contribution is 2.32. The molecule has 1 fully saturated rings. The Morgan fingerprint density at radius 2 is 2.06 bits per heavy atom. The van der Waals surface area contributed by atoms with E-state index in [1.807, 2.05) is 13.0 Å². The molecule has 1 aromatic carbocycles. The molecule has 0 atom stereocenters. The van der Waals surface area contributed by atoms with E-state index >= 15 is 0 Å². The molecule has 0 heterocycles. The van der Waals surface area contributed by atoms with Crippen molar-refractivity contribution in [3.8, 4) is 0 Å². The van der Waals surface area contributed by atoms with Gasteiger partial charge in [0.15, 0.2) is 0 Å². The van der Waals surface area contributed by atoms with Crippen LogP contribution >= 0.6 is 15.9 Å². The SMILES string of the molecule is CC1(NS(=O)(=O)c2cccc(Br)c2)CCC1. The number of nitrogens with one attached hydrogen (secondary N) is 1. The van der Waals surface area contributed by atoms with E-state index in [4.69, 9.17) is 0 Å². The molecule has 88 valence electrons. The van der Waals surface area contributed by atoms with Crippen LogP contribution in [0.5, 0.6) is 0 Å². The van der Waals surface area contributed by atoms with E-state index in [1.54, 1.807) is 18.2 Å². The van der Waals surface area contributed by atoms with Crippen LogP contribution in [0.2, 0.25) is 0 Å². The van der Waals surface area contributed by atoms with E-state index in [1.165, 1.54) is 0 Å². The number of sulfonamides is 1. The predicted octanol–water partition coefficient (Wildman–Crippen LogP) is 2.67. The van der Waals surface area contributed by atoms with Gasteiger partial charge in [-0.25, -0.2) is 13.1 Å². The van der Waals surface area contributed by atoms with Crippen LogP contribution in [0.15, 0.2) is 33.6 Å². The fraction of sp³-hybridized carbons (Fsp3) is 0.455. The quantitative estimate of drug-likeness (QED) is 0.933. The highest BCUT2D eigenvalue weighted by Gasteiger charge is 2.36. The summed E-state index contributed by atoms with van der Waals surface area (Å²) in [5, 5.41) is 0. The molecule has 2 rings (SSSR count). The van der Waals surface area contributed by atoms with Crippen molar-refractivity contribution in [1.29, 1.82) is 0 Å². The molecule has 0 spiro atoms. The molecule has 1 aliphatic carbocycles. The first-order valence-electron chi connectivity index (χ1n) is 5.21. The van der Waals surface area contributed by atoms with Crippen LogP contribution in [0.3, 0.4) is 0 Å². The zero-order valence-electron chi connectivity index (χ0n) is 9.03. The average molecular weight is 304 g/mol. The van der Waals surface area contributed by atoms with Gasteiger partial charge in [-0.15, -0.1) is 0 Å². The minimum absolute atomic E-state index is 0.249. The van der Waals surface area contributed by atoms with E-state index in [9.17, 15) is 8.42 Å². The summed E-state index contributed by atoms with van der Waals surface area (Å²) >= 11 is 3.27. The third-order valence-electron chi connectivity index (χ3n) is 2.94. The van der Waals surface area contributed by atoms with Crippen LogP contribution in [-0.2, 0) is 10.0 Å². The second-order valence-corrected chi connectivity index (χ2v) is 7.08. The lowest BCUT2D eigenvalue weighted by molar-refractivity contribution is 0.248. The monoisotopic (exact) mass is 303 g/mol. The lowest BCUT2D eigenvalue weighted by Crippen LogP contribution is -2.50. The summed E-state index contributed by atoms with van der Waals surface area (Å²) in [6.45, 7) is 1.95. The Hall–Kier alpha value is -0.390. The molecule has 0 saturated heterocycles. The van der Waals surface area contributed by atoms with Crippen LogP contribution in [0.4, 0.5) is 0 Å². The van der Waals surface area contributed by atoms with E-state index in [2.05, 4.69) is 20.7 Å². The van der Waals surface area contributed by atoms with E-state index in [0.717, 1.165) is 23.7 Å². The van der Waals surface area contributed by atoms with Crippen molar-refractivity contribution < 1.29 is 8.42 Å². The molecule has 1 aliphatic rings. The third-order valence-corrected chi connectivity index (χ3v) is 5.07. The number of halogens is 1. The maximum atomic E-state index is 12.1. The van der Waals surface area contributed by atoms with Gasteiger partial charge in [-0.3, -0.25) is 0 Å². The molecule has 0 unspecified atom stereocenters. The highest BCUT2D eigenvalue weighted by molar-refractivity contribution is 9.10. The first-order valence-corrected chi connectivity index (χ1v) is 7.49. The molecular weight excluding hydrogens is 290 g/mol. The van der Waals surface area contributed by atoms with Crippen LogP contribution < -0.4 is 4.72 Å². The first kappa shape index (κ1) is 12.1. The van der Waals surface area contributed by atoms with Gasteiger partial charge >= 0.3 is 0 Å². The molecule has 0 amide bonds. The maximum Gasteiger partial charge on any atom is 0.241 e. The van der Waals surface area contributed by atoms with Gasteiger partial charge in [0.2, 0.25) is 10.0 Å². The topological polar surface area (TPSA) is 46.2 Å². The van der Waals surface area contributed by atoms with E-state index in [-0.39, 0.29) is 5.54 Å². The summed E-state index contributed by atoms with van der Waals surface area (Å²) in [6.07, 6.45) is 2.93. The third kappa shape index (κ3) is 2.47. The van der Waals surface area contributed by atoms with Gasteiger partial charge in [-0.05, 0) is 44.4 Å². The van der Waals surface area contributed by atoms with Gasteiger partial charge in [-0.2, -0.15) is 0 Å². The smallest absolute Gasteiger partial charge is 0.207 e. The number of hydrogen-bond acceptors (Lipinski definition) is 2. The predicted molar refractivity (Wildman–Crippen MR) is 66.7 cm³/mol. The summed E-state index contributed by atoms with van der Waals surface area (Å²) in [7, 11) is -3.38. The summed E-state index contributed by atoms with van der Waals surface area (Å²) < 4.78 is 27.7. The zero-order valence-corrected chi connectivity index (χ0v) is 11.4. The summed E-state index contributed by atoms with van der Waals surface area (Å²) in [5.74, 6) is 0. The van der Waals surface area contributed by atoms with Gasteiger partial charge in [0.05, 0.1) is 4.90 Å². The minimum Gasteiger partial charge on any atom is -0.207 e. The molecule has 1 aromatic rings. The van der Waals surface area contributed by atoms with Gasteiger partial charge in [0.25, 0.3) is 0 Å². The Morgan fingerprint density at radius 1 is 1.38 bits per heavy atom. The average Bonchev–Trinajstić information content (AvgIpc) is 2.15. The Labute approximate surface area is 104 Å². The number of rotatable bonds is 3. The fourth-order valence-electron chi connectivity index (χ4n) is 1.83. The summed E-state index contributed by atoms with van der Waals surface area (Å²) in [5.41, 5.74) is -0.249. The molecule has 0 aromatic heterocycles. The lowest BCUT2D eigenvalue weighted by Gasteiger charge is -2.38. The highest BCUT2D eigenvalue weighted by atomic mass is 79.9. The molecule has 1 N–H and O–H groups in total. The van der Waals surface area contributed by atoms with Gasteiger partial charge < -0.3 is 0 Å². The lowest BCUT2D eigenvalue weighted by atomic mass is 9.80. The van der Waals surface area contributed by atoms with E-state index in [0.29, 0.717) is 4.90 Å². The van der Waals surface area contributed by atoms with Gasteiger partial charge in [0, 0.05) is 10.0 Å². The standard InChI is InChI=1S/C11H14BrNO2S/c1-11(6-3-7-11)13-16(14,15)10-5-2-4-9(12)8-10/h2,4-5,8,13H,3,6-7H2,1H3. The maximum absolute atomic E-state index is 12.1. The molecule has 0 bridgehead atoms. The first-order chi connectivity index (χ1) is 7.41. The minimum atomic E-state index is -3.38. The van der Waals surface area contributed by atoms with Crippen molar-refractivity contribution in [2.24, 2.45) is 0 Å². The van der Waals surface area contributed by atoms with Crippen molar-refractivity contribution in [2.75, 3.05) is 0 Å². The molecule has 0 radical (unpaired) electrons. The molecule has 3 nitrogen and oxygen atoms in total. The summed E-state index contributed by atoms with van der Waals surface area (Å²) in [4.78, 5) is 0.315. The van der Waals surface area contributed by atoms with Crippen molar-refractivity contribution in [3.05, 3.63) is 28.7 Å². The number of benzene rings is 1. The van der Waals surface area contributed by atoms with Crippen LogP contribution in [0, 0.1) is 0 Å². The van der Waals surface area contributed by atoms with Gasteiger partial charge in [0.1, 0.15) is 0 Å². The van der Waals surface area contributed by atoms with E-state index < -0.39 is 10.0 Å². The van der Waals surface area contributed by atoms with Crippen LogP contribution in [-0.4, -0.2) is 14.0 Å². The Kier molecular flexibility index (Phi) is 3.11. The second-order valence-electron chi connectivity index (χ2n) is 4.48. The van der Waals surface area contributed by atoms with Crippen LogP contribution in [0.25, 0.3) is 0 Å². The normalized spacial score (nSPS) is 19.1. The van der Waals surface area contributed by atoms with Crippen molar-refractivity contribution in [2.45, 2.75) is 36.6 Å². The van der Waals surface area contributed by atoms with Crippen molar-refractivity contribution >= 4 is 26.0 Å². The Bertz CT molecular complexity index is 494. The second kappa shape index (κ2) is 4.13. The molecule has 16 heavy (non-hydrogen) atoms. The van der Waals surface area contributed by atoms with Crippen LogP contribution in [0.1, 0.15) is 26.2 Å². The molecule has 5 heteroatoms.